The van der Waals surface area contributed by atoms with E-state index in [1.54, 1.807) is 0 Å². The fourth-order valence-electron chi connectivity index (χ4n) is 4.97. The van der Waals surface area contributed by atoms with Crippen molar-refractivity contribution < 1.29 is 20.1 Å². The average Bonchev–Trinajstić information content (AvgIpc) is 2.45. The molecule has 0 aromatic heterocycles. The Kier molecular flexibility index (Phi) is 3.52. The Morgan fingerprint density at radius 1 is 1.08 bits per heavy atom. The lowest BCUT2D eigenvalue weighted by Gasteiger charge is -2.50. The first-order chi connectivity index (χ1) is 11.0. The van der Waals surface area contributed by atoms with Crippen LogP contribution in [0.2, 0.25) is 0 Å². The molecule has 130 valence electrons. The number of aliphatic hydroxyl groups excluding tert-OH is 1. The van der Waals surface area contributed by atoms with Gasteiger partial charge >= 0.3 is 0 Å². The van der Waals surface area contributed by atoms with Crippen molar-refractivity contribution in [3.8, 4) is 11.5 Å². The van der Waals surface area contributed by atoms with E-state index in [1.165, 1.54) is 6.07 Å². The molecule has 0 saturated heterocycles. The van der Waals surface area contributed by atoms with Crippen LogP contribution in [-0.2, 0) is 5.41 Å². The molecule has 0 aliphatic heterocycles. The summed E-state index contributed by atoms with van der Waals surface area (Å²) in [5, 5.41) is 31.3. The van der Waals surface area contributed by atoms with Gasteiger partial charge in [-0.05, 0) is 41.4 Å². The molecule has 0 amide bonds. The summed E-state index contributed by atoms with van der Waals surface area (Å²) in [7, 11) is 0. The number of allylic oxidation sites excluding steroid dienone is 2. The Morgan fingerprint density at radius 2 is 1.71 bits per heavy atom. The number of phenols is 2. The fourth-order valence-corrected chi connectivity index (χ4v) is 4.97. The van der Waals surface area contributed by atoms with Gasteiger partial charge < -0.3 is 15.3 Å². The van der Waals surface area contributed by atoms with E-state index in [2.05, 4.69) is 13.8 Å². The average molecular weight is 330 g/mol. The maximum Gasteiger partial charge on any atom is 0.227 e. The third-order valence-electron chi connectivity index (χ3n) is 5.85. The van der Waals surface area contributed by atoms with Crippen molar-refractivity contribution in [3.05, 3.63) is 34.1 Å². The standard InChI is InChI=1S/C20H26O4/c1-10(2)13-14-11(9-12(21)16(13)23)15(22)17(24)18-19(3,4)7-6-8-20(14,18)5/h9-10,21,23-24H,6-8H2,1-5H3/t20-/m1/s1. The normalized spacial score (nSPS) is 25.7. The van der Waals surface area contributed by atoms with Crippen LogP contribution in [0.1, 0.15) is 81.3 Å². The Labute approximate surface area is 142 Å². The van der Waals surface area contributed by atoms with E-state index in [0.29, 0.717) is 11.1 Å². The highest BCUT2D eigenvalue weighted by atomic mass is 16.3. The number of aromatic hydroxyl groups is 2. The molecule has 0 radical (unpaired) electrons. The van der Waals surface area contributed by atoms with Gasteiger partial charge in [-0.2, -0.15) is 0 Å². The minimum Gasteiger partial charge on any atom is -0.504 e. The molecule has 1 aromatic rings. The van der Waals surface area contributed by atoms with Crippen molar-refractivity contribution in [2.75, 3.05) is 0 Å². The maximum absolute atomic E-state index is 12.8. The second-order valence-corrected chi connectivity index (χ2v) is 8.36. The van der Waals surface area contributed by atoms with Crippen LogP contribution < -0.4 is 0 Å². The van der Waals surface area contributed by atoms with Crippen molar-refractivity contribution in [2.24, 2.45) is 5.41 Å². The highest BCUT2D eigenvalue weighted by Gasteiger charge is 2.52. The van der Waals surface area contributed by atoms with Crippen LogP contribution in [0.3, 0.4) is 0 Å². The van der Waals surface area contributed by atoms with Crippen LogP contribution in [0, 0.1) is 5.41 Å². The smallest absolute Gasteiger partial charge is 0.227 e. The molecule has 24 heavy (non-hydrogen) atoms. The molecule has 4 heteroatoms. The number of hydrogen-bond acceptors (Lipinski definition) is 4. The molecule has 0 heterocycles. The minimum absolute atomic E-state index is 0.0537. The Hall–Kier alpha value is -1.97. The molecule has 0 spiro atoms. The first-order valence-electron chi connectivity index (χ1n) is 8.60. The number of ketones is 1. The zero-order valence-corrected chi connectivity index (χ0v) is 15.0. The molecule has 0 unspecified atom stereocenters. The lowest BCUT2D eigenvalue weighted by molar-refractivity contribution is 0.0939. The van der Waals surface area contributed by atoms with Gasteiger partial charge in [-0.3, -0.25) is 4.79 Å². The van der Waals surface area contributed by atoms with Crippen LogP contribution in [0.4, 0.5) is 0 Å². The van der Waals surface area contributed by atoms with E-state index in [0.717, 1.165) is 30.4 Å². The summed E-state index contributed by atoms with van der Waals surface area (Å²) < 4.78 is 0. The number of Topliss-reactive ketones (excluding diaryl/α,β-unsaturated/α-hetero) is 1. The van der Waals surface area contributed by atoms with Gasteiger partial charge in [0.15, 0.2) is 17.3 Å². The largest absolute Gasteiger partial charge is 0.504 e. The van der Waals surface area contributed by atoms with Gasteiger partial charge in [0.25, 0.3) is 0 Å². The number of rotatable bonds is 1. The third kappa shape index (κ3) is 2.01. The predicted molar refractivity (Wildman–Crippen MR) is 92.8 cm³/mol. The molecule has 1 fully saturated rings. The van der Waals surface area contributed by atoms with Gasteiger partial charge in [-0.25, -0.2) is 0 Å². The van der Waals surface area contributed by atoms with Gasteiger partial charge in [-0.15, -0.1) is 0 Å². The number of fused-ring (bicyclic) bond motifs is 3. The van der Waals surface area contributed by atoms with Gasteiger partial charge in [0.1, 0.15) is 0 Å². The molecule has 1 saturated carbocycles. The number of hydrogen-bond donors (Lipinski definition) is 3. The van der Waals surface area contributed by atoms with Crippen molar-refractivity contribution in [1.82, 2.24) is 0 Å². The Morgan fingerprint density at radius 3 is 2.29 bits per heavy atom. The van der Waals surface area contributed by atoms with Crippen molar-refractivity contribution in [3.63, 3.8) is 0 Å². The number of carbonyl (C=O) groups is 1. The fraction of sp³-hybridized carbons (Fsp3) is 0.550. The molecule has 2 aliphatic carbocycles. The topological polar surface area (TPSA) is 77.8 Å². The predicted octanol–water partition coefficient (Wildman–Crippen LogP) is 4.70. The summed E-state index contributed by atoms with van der Waals surface area (Å²) in [6.07, 6.45) is 2.69. The van der Waals surface area contributed by atoms with Gasteiger partial charge in [0.2, 0.25) is 5.78 Å². The van der Waals surface area contributed by atoms with E-state index >= 15 is 0 Å². The van der Waals surface area contributed by atoms with E-state index in [1.807, 2.05) is 20.8 Å². The Balaban J connectivity index is 2.45. The number of benzene rings is 1. The van der Waals surface area contributed by atoms with Crippen LogP contribution in [0.5, 0.6) is 11.5 Å². The van der Waals surface area contributed by atoms with Gasteiger partial charge in [0.05, 0.1) is 0 Å². The molecular formula is C20H26O4. The lowest BCUT2D eigenvalue weighted by Crippen LogP contribution is -2.44. The third-order valence-corrected chi connectivity index (χ3v) is 5.85. The first-order valence-corrected chi connectivity index (χ1v) is 8.60. The number of carbonyl (C=O) groups excluding carboxylic acids is 1. The summed E-state index contributed by atoms with van der Waals surface area (Å²) in [6, 6.07) is 1.30. The molecule has 1 atom stereocenters. The highest BCUT2D eigenvalue weighted by molar-refractivity contribution is 6.11. The van der Waals surface area contributed by atoms with Crippen LogP contribution in [-0.4, -0.2) is 21.1 Å². The number of phenolic OH excluding ortho intramolecular Hbond substituents is 2. The molecule has 1 aromatic carbocycles. The molecule has 3 N–H and O–H groups in total. The summed E-state index contributed by atoms with van der Waals surface area (Å²) in [5.74, 6) is -1.15. The zero-order chi connectivity index (χ0) is 18.0. The monoisotopic (exact) mass is 330 g/mol. The highest BCUT2D eigenvalue weighted by Crippen LogP contribution is 2.59. The SMILES string of the molecule is CC(C)c1c(O)c(O)cc2c1[C@@]1(C)CCCC(C)(C)C1=C(O)C2=O. The van der Waals surface area contributed by atoms with Crippen LogP contribution in [0.15, 0.2) is 17.4 Å². The lowest BCUT2D eigenvalue weighted by atomic mass is 9.53. The summed E-state index contributed by atoms with van der Waals surface area (Å²) in [4.78, 5) is 12.8. The van der Waals surface area contributed by atoms with Crippen LogP contribution >= 0.6 is 0 Å². The quantitative estimate of drug-likeness (QED) is 0.652. The summed E-state index contributed by atoms with van der Waals surface area (Å²) in [6.45, 7) is 10.0. The zero-order valence-electron chi connectivity index (χ0n) is 15.0. The second-order valence-electron chi connectivity index (χ2n) is 8.36. The second kappa shape index (κ2) is 5.01. The first kappa shape index (κ1) is 16.9. The van der Waals surface area contributed by atoms with Crippen LogP contribution in [0.25, 0.3) is 0 Å². The Bertz CT molecular complexity index is 770. The summed E-state index contributed by atoms with van der Waals surface area (Å²) >= 11 is 0. The van der Waals surface area contributed by atoms with E-state index < -0.39 is 11.2 Å². The maximum atomic E-state index is 12.8. The van der Waals surface area contributed by atoms with Crippen molar-refractivity contribution >= 4 is 5.78 Å². The molecule has 4 nitrogen and oxygen atoms in total. The minimum atomic E-state index is -0.514. The van der Waals surface area contributed by atoms with E-state index in [-0.39, 0.29) is 28.6 Å². The number of aliphatic hydroxyl groups is 1. The molecule has 0 bridgehead atoms. The van der Waals surface area contributed by atoms with Crippen molar-refractivity contribution in [1.29, 1.82) is 0 Å². The van der Waals surface area contributed by atoms with Crippen molar-refractivity contribution in [2.45, 2.75) is 65.2 Å². The molecular weight excluding hydrogens is 304 g/mol. The molecule has 3 rings (SSSR count). The summed E-state index contributed by atoms with van der Waals surface area (Å²) in [5.41, 5.74) is 1.68. The molecule has 2 aliphatic rings. The van der Waals surface area contributed by atoms with Gasteiger partial charge in [-0.1, -0.05) is 41.0 Å². The van der Waals surface area contributed by atoms with E-state index in [9.17, 15) is 20.1 Å². The van der Waals surface area contributed by atoms with Gasteiger partial charge in [0, 0.05) is 16.5 Å². The van der Waals surface area contributed by atoms with E-state index in [4.69, 9.17) is 0 Å².